The van der Waals surface area contributed by atoms with Gasteiger partial charge in [0.25, 0.3) is 11.8 Å². The van der Waals surface area contributed by atoms with E-state index < -0.39 is 0 Å². The van der Waals surface area contributed by atoms with Crippen LogP contribution in [0, 0.1) is 11.3 Å². The Balaban J connectivity index is 1.42. The van der Waals surface area contributed by atoms with Crippen LogP contribution in [0.15, 0.2) is 83.9 Å². The van der Waals surface area contributed by atoms with Gasteiger partial charge in [0, 0.05) is 21.2 Å². The number of hydrogen-bond acceptors (Lipinski definition) is 4. The van der Waals surface area contributed by atoms with Crippen LogP contribution in [0.1, 0.15) is 59.1 Å². The van der Waals surface area contributed by atoms with Gasteiger partial charge < -0.3 is 10.2 Å². The molecule has 0 saturated heterocycles. The van der Waals surface area contributed by atoms with Crippen molar-refractivity contribution < 1.29 is 9.59 Å². The van der Waals surface area contributed by atoms with Crippen LogP contribution in [0.2, 0.25) is 5.02 Å². The summed E-state index contributed by atoms with van der Waals surface area (Å²) in [4.78, 5) is 35.7. The number of nitrogens with zero attached hydrogens (tertiary/aromatic N) is 2. The van der Waals surface area contributed by atoms with E-state index in [2.05, 4.69) is 26.1 Å². The summed E-state index contributed by atoms with van der Waals surface area (Å²) in [7, 11) is 0. The van der Waals surface area contributed by atoms with Crippen molar-refractivity contribution in [2.45, 2.75) is 46.6 Å². The van der Waals surface area contributed by atoms with Crippen molar-refractivity contribution in [3.63, 3.8) is 0 Å². The summed E-state index contributed by atoms with van der Waals surface area (Å²) in [5.41, 5.74) is 5.50. The van der Waals surface area contributed by atoms with E-state index in [9.17, 15) is 9.59 Å². The number of nitrogens with one attached hydrogen (secondary N) is 1. The number of para-hydroxylation sites is 1. The molecule has 6 rings (SSSR count). The molecule has 0 fully saturated rings. The van der Waals surface area contributed by atoms with Crippen molar-refractivity contribution in [3.8, 4) is 0 Å². The Labute approximate surface area is 249 Å². The number of fused-ring (bicyclic) bond motifs is 2. The van der Waals surface area contributed by atoms with E-state index in [0.717, 1.165) is 41.6 Å². The third-order valence-electron chi connectivity index (χ3n) is 8.10. The standard InChI is InChI=1S/C34H32ClN3O2S/c1-34(2,3)22-13-18-26-28(19-22)41-32(29(26)31(39)36-24-16-14-23(35)15-17-24)37-30-25-11-7-8-12-27(25)38(33(30)40)20-21-9-5-4-6-10-21/h4-12,14-17,22H,13,18-20H2,1-3H3,(H,36,39)/t22-/m0/s1. The Morgan fingerprint density at radius 3 is 2.46 bits per heavy atom. The molecule has 41 heavy (non-hydrogen) atoms. The van der Waals surface area contributed by atoms with E-state index >= 15 is 0 Å². The number of benzene rings is 3. The fourth-order valence-electron chi connectivity index (χ4n) is 5.74. The molecule has 0 bridgehead atoms. The lowest BCUT2D eigenvalue weighted by molar-refractivity contribution is -0.112. The lowest BCUT2D eigenvalue weighted by atomic mass is 9.72. The molecule has 1 N–H and O–H groups in total. The zero-order valence-electron chi connectivity index (χ0n) is 23.4. The number of hydrogen-bond donors (Lipinski definition) is 1. The number of halogens is 1. The maximum absolute atomic E-state index is 13.9. The molecule has 2 aliphatic rings. The molecule has 1 aromatic heterocycles. The number of carbonyl (C=O) groups is 2. The highest BCUT2D eigenvalue weighted by Crippen LogP contribution is 2.46. The lowest BCUT2D eigenvalue weighted by Crippen LogP contribution is -2.29. The SMILES string of the molecule is CC(C)(C)[C@H]1CCc2c(sc(N=C3C(=O)N(Cc4ccccc4)c4ccccc43)c2C(=O)Nc2ccc(Cl)cc2)C1. The van der Waals surface area contributed by atoms with E-state index in [1.54, 1.807) is 40.5 Å². The first-order chi connectivity index (χ1) is 19.7. The first-order valence-corrected chi connectivity index (χ1v) is 15.1. The first-order valence-electron chi connectivity index (χ1n) is 13.9. The summed E-state index contributed by atoms with van der Waals surface area (Å²) in [5.74, 6) is 0.146. The van der Waals surface area contributed by atoms with Crippen LogP contribution in [0.4, 0.5) is 16.4 Å². The Bertz CT molecular complexity index is 1650. The molecule has 0 unspecified atom stereocenters. The van der Waals surface area contributed by atoms with Crippen LogP contribution in [-0.2, 0) is 24.2 Å². The van der Waals surface area contributed by atoms with Crippen LogP contribution in [0.5, 0.6) is 0 Å². The molecule has 7 heteroatoms. The van der Waals surface area contributed by atoms with Gasteiger partial charge in [-0.25, -0.2) is 4.99 Å². The summed E-state index contributed by atoms with van der Waals surface area (Å²) < 4.78 is 0. The number of anilines is 2. The molecule has 4 aromatic rings. The minimum atomic E-state index is -0.210. The molecule has 0 spiro atoms. The highest BCUT2D eigenvalue weighted by atomic mass is 35.5. The largest absolute Gasteiger partial charge is 0.322 e. The van der Waals surface area contributed by atoms with Gasteiger partial charge in [0.05, 0.1) is 17.8 Å². The second-order valence-corrected chi connectivity index (χ2v) is 13.3. The van der Waals surface area contributed by atoms with Crippen molar-refractivity contribution in [3.05, 3.63) is 111 Å². The third-order valence-corrected chi connectivity index (χ3v) is 9.50. The van der Waals surface area contributed by atoms with Crippen LogP contribution in [0.25, 0.3) is 0 Å². The predicted molar refractivity (Wildman–Crippen MR) is 169 cm³/mol. The van der Waals surface area contributed by atoms with Gasteiger partial charge in [0.15, 0.2) is 0 Å². The molecule has 2 heterocycles. The summed E-state index contributed by atoms with van der Waals surface area (Å²) in [6.45, 7) is 7.29. The number of carbonyl (C=O) groups excluding carboxylic acids is 2. The Kier molecular flexibility index (Phi) is 7.30. The second-order valence-electron chi connectivity index (χ2n) is 11.8. The van der Waals surface area contributed by atoms with Gasteiger partial charge >= 0.3 is 0 Å². The van der Waals surface area contributed by atoms with E-state index in [1.807, 2.05) is 54.6 Å². The normalized spacial score (nSPS) is 17.5. The summed E-state index contributed by atoms with van der Waals surface area (Å²) in [5, 5.41) is 4.24. The molecule has 0 saturated carbocycles. The van der Waals surface area contributed by atoms with Gasteiger partial charge in [-0.05, 0) is 72.1 Å². The van der Waals surface area contributed by atoms with Gasteiger partial charge in [0.1, 0.15) is 10.7 Å². The summed E-state index contributed by atoms with van der Waals surface area (Å²) >= 11 is 7.62. The third kappa shape index (κ3) is 5.46. The van der Waals surface area contributed by atoms with Crippen LogP contribution in [0.3, 0.4) is 0 Å². The minimum Gasteiger partial charge on any atom is -0.322 e. The number of thiophene rings is 1. The van der Waals surface area contributed by atoms with E-state index in [-0.39, 0.29) is 17.2 Å². The second kappa shape index (κ2) is 10.9. The Hall–Kier alpha value is -3.74. The highest BCUT2D eigenvalue weighted by molar-refractivity contribution is 7.16. The zero-order chi connectivity index (χ0) is 28.7. The average Bonchev–Trinajstić information content (AvgIpc) is 3.45. The summed E-state index contributed by atoms with van der Waals surface area (Å²) in [6, 6.07) is 24.8. The first kappa shape index (κ1) is 27.4. The molecule has 1 aliphatic heterocycles. The van der Waals surface area contributed by atoms with E-state index in [0.29, 0.717) is 39.4 Å². The molecule has 1 aliphatic carbocycles. The fourth-order valence-corrected chi connectivity index (χ4v) is 7.17. The van der Waals surface area contributed by atoms with Crippen LogP contribution >= 0.6 is 22.9 Å². The van der Waals surface area contributed by atoms with Gasteiger partial charge in [-0.15, -0.1) is 11.3 Å². The van der Waals surface area contributed by atoms with Crippen LogP contribution < -0.4 is 10.2 Å². The lowest BCUT2D eigenvalue weighted by Gasteiger charge is -2.33. The molecule has 2 amide bonds. The van der Waals surface area contributed by atoms with Crippen molar-refractivity contribution >= 4 is 56.8 Å². The maximum atomic E-state index is 13.9. The molecular formula is C34H32ClN3O2S. The molecule has 208 valence electrons. The summed E-state index contributed by atoms with van der Waals surface area (Å²) in [6.07, 6.45) is 2.73. The van der Waals surface area contributed by atoms with E-state index in [4.69, 9.17) is 16.6 Å². The molecular weight excluding hydrogens is 550 g/mol. The van der Waals surface area contributed by atoms with Gasteiger partial charge in [-0.3, -0.25) is 9.59 Å². The van der Waals surface area contributed by atoms with Gasteiger partial charge in [-0.1, -0.05) is 80.9 Å². The van der Waals surface area contributed by atoms with Crippen molar-refractivity contribution in [1.29, 1.82) is 0 Å². The molecule has 1 atom stereocenters. The Morgan fingerprint density at radius 1 is 1.02 bits per heavy atom. The van der Waals surface area contributed by atoms with E-state index in [1.165, 1.54) is 4.88 Å². The number of aliphatic imine (C=N–C) groups is 1. The number of rotatable bonds is 5. The average molecular weight is 582 g/mol. The monoisotopic (exact) mass is 581 g/mol. The van der Waals surface area contributed by atoms with Gasteiger partial charge in [0.2, 0.25) is 0 Å². The highest BCUT2D eigenvalue weighted by Gasteiger charge is 2.37. The molecule has 3 aromatic carbocycles. The maximum Gasteiger partial charge on any atom is 0.277 e. The predicted octanol–water partition coefficient (Wildman–Crippen LogP) is 8.47. The Morgan fingerprint density at radius 2 is 1.73 bits per heavy atom. The van der Waals surface area contributed by atoms with Gasteiger partial charge in [-0.2, -0.15) is 0 Å². The minimum absolute atomic E-state index is 0.155. The van der Waals surface area contributed by atoms with Crippen molar-refractivity contribution in [1.82, 2.24) is 0 Å². The fraction of sp³-hybridized carbons (Fsp3) is 0.265. The topological polar surface area (TPSA) is 61.8 Å². The van der Waals surface area contributed by atoms with Crippen LogP contribution in [-0.4, -0.2) is 17.5 Å². The zero-order valence-corrected chi connectivity index (χ0v) is 25.0. The van der Waals surface area contributed by atoms with Crippen molar-refractivity contribution in [2.24, 2.45) is 16.3 Å². The smallest absolute Gasteiger partial charge is 0.277 e. The number of amides is 2. The molecule has 5 nitrogen and oxygen atoms in total. The van der Waals surface area contributed by atoms with Crippen molar-refractivity contribution in [2.75, 3.05) is 10.2 Å². The molecule has 0 radical (unpaired) electrons. The quantitative estimate of drug-likeness (QED) is 0.257.